The van der Waals surface area contributed by atoms with E-state index >= 15 is 0 Å². The minimum Gasteiger partial charge on any atom is -0.481 e. The van der Waals surface area contributed by atoms with E-state index < -0.39 is 9.84 Å². The van der Waals surface area contributed by atoms with E-state index in [0.29, 0.717) is 22.9 Å². The standard InChI is InChI=1S/C12H16ClN3O3S/c1-8(7-20(3,17)18)16-10(6-13)14-9-4-5-11(19-2)15-12(9)16/h4-5,8H,6-7H2,1-3H3. The van der Waals surface area contributed by atoms with Gasteiger partial charge in [0.15, 0.2) is 5.65 Å². The lowest BCUT2D eigenvalue weighted by Gasteiger charge is -2.15. The SMILES string of the molecule is COc1ccc2nc(CCl)n(C(C)CS(C)(=O)=O)c2n1. The quantitative estimate of drug-likeness (QED) is 0.786. The molecule has 0 aliphatic heterocycles. The van der Waals surface area contributed by atoms with Gasteiger partial charge in [-0.25, -0.2) is 13.4 Å². The Kier molecular flexibility index (Phi) is 4.19. The number of alkyl halides is 1. The third-order valence-electron chi connectivity index (χ3n) is 2.90. The van der Waals surface area contributed by atoms with E-state index in [0.717, 1.165) is 0 Å². The van der Waals surface area contributed by atoms with Crippen LogP contribution in [0.4, 0.5) is 0 Å². The summed E-state index contributed by atoms with van der Waals surface area (Å²) in [5.74, 6) is 1.23. The fraction of sp³-hybridized carbons (Fsp3) is 0.500. The zero-order valence-corrected chi connectivity index (χ0v) is 13.1. The molecule has 0 aliphatic carbocycles. The van der Waals surface area contributed by atoms with Crippen molar-refractivity contribution in [2.75, 3.05) is 19.1 Å². The van der Waals surface area contributed by atoms with Gasteiger partial charge < -0.3 is 9.30 Å². The molecule has 110 valence electrons. The normalized spacial score (nSPS) is 13.6. The summed E-state index contributed by atoms with van der Waals surface area (Å²) < 4.78 is 29.8. The smallest absolute Gasteiger partial charge is 0.215 e. The molecule has 0 bridgehead atoms. The number of hydrogen-bond acceptors (Lipinski definition) is 5. The molecule has 2 heterocycles. The Morgan fingerprint density at radius 1 is 1.40 bits per heavy atom. The van der Waals surface area contributed by atoms with Crippen molar-refractivity contribution in [2.45, 2.75) is 18.8 Å². The average Bonchev–Trinajstić information content (AvgIpc) is 2.73. The molecule has 0 aliphatic rings. The average molecular weight is 318 g/mol. The second-order valence-electron chi connectivity index (χ2n) is 4.67. The second-order valence-corrected chi connectivity index (χ2v) is 7.12. The van der Waals surface area contributed by atoms with E-state index in [4.69, 9.17) is 16.3 Å². The molecule has 1 atom stereocenters. The van der Waals surface area contributed by atoms with Crippen LogP contribution in [0, 0.1) is 0 Å². The van der Waals surface area contributed by atoms with Gasteiger partial charge in [0, 0.05) is 18.4 Å². The first-order valence-corrected chi connectivity index (χ1v) is 8.60. The van der Waals surface area contributed by atoms with Crippen LogP contribution in [-0.2, 0) is 15.7 Å². The van der Waals surface area contributed by atoms with Crippen molar-refractivity contribution in [3.63, 3.8) is 0 Å². The second kappa shape index (κ2) is 5.57. The fourth-order valence-corrected chi connectivity index (χ4v) is 3.40. The summed E-state index contributed by atoms with van der Waals surface area (Å²) in [6.45, 7) is 1.80. The Labute approximate surface area is 122 Å². The van der Waals surface area contributed by atoms with Crippen LogP contribution in [-0.4, -0.2) is 42.1 Å². The van der Waals surface area contributed by atoms with Crippen LogP contribution in [0.5, 0.6) is 5.88 Å². The summed E-state index contributed by atoms with van der Waals surface area (Å²) in [7, 11) is -1.58. The third-order valence-corrected chi connectivity index (χ3v) is 4.23. The highest BCUT2D eigenvalue weighted by molar-refractivity contribution is 7.90. The number of imidazole rings is 1. The van der Waals surface area contributed by atoms with Gasteiger partial charge in [-0.2, -0.15) is 4.98 Å². The minimum absolute atomic E-state index is 0.00123. The molecule has 0 N–H and O–H groups in total. The zero-order valence-electron chi connectivity index (χ0n) is 11.5. The van der Waals surface area contributed by atoms with E-state index in [1.54, 1.807) is 23.6 Å². The van der Waals surface area contributed by atoms with Gasteiger partial charge in [0.2, 0.25) is 5.88 Å². The van der Waals surface area contributed by atoms with E-state index in [1.165, 1.54) is 13.4 Å². The number of methoxy groups -OCH3 is 1. The molecule has 0 aromatic carbocycles. The maximum absolute atomic E-state index is 11.5. The largest absolute Gasteiger partial charge is 0.481 e. The van der Waals surface area contributed by atoms with Crippen molar-refractivity contribution < 1.29 is 13.2 Å². The molecular formula is C12H16ClN3O3S. The highest BCUT2D eigenvalue weighted by atomic mass is 35.5. The Hall–Kier alpha value is -1.34. The summed E-state index contributed by atoms with van der Waals surface area (Å²) in [4.78, 5) is 8.71. The molecule has 0 amide bonds. The minimum atomic E-state index is -3.11. The van der Waals surface area contributed by atoms with Crippen molar-refractivity contribution in [1.29, 1.82) is 0 Å². The number of fused-ring (bicyclic) bond motifs is 1. The maximum atomic E-state index is 11.5. The molecule has 2 rings (SSSR count). The molecular weight excluding hydrogens is 302 g/mol. The third kappa shape index (κ3) is 3.04. The summed E-state index contributed by atoms with van der Waals surface area (Å²) in [5, 5.41) is 0. The Morgan fingerprint density at radius 2 is 2.10 bits per heavy atom. The lowest BCUT2D eigenvalue weighted by molar-refractivity contribution is 0.398. The molecule has 1 unspecified atom stereocenters. The molecule has 0 saturated carbocycles. The highest BCUT2D eigenvalue weighted by Crippen LogP contribution is 2.23. The summed E-state index contributed by atoms with van der Waals surface area (Å²) in [6, 6.07) is 3.18. The maximum Gasteiger partial charge on any atom is 0.215 e. The monoisotopic (exact) mass is 317 g/mol. The van der Waals surface area contributed by atoms with Crippen molar-refractivity contribution in [2.24, 2.45) is 0 Å². The van der Waals surface area contributed by atoms with Crippen molar-refractivity contribution in [3.8, 4) is 5.88 Å². The van der Waals surface area contributed by atoms with Gasteiger partial charge in [0.05, 0.1) is 18.7 Å². The molecule has 2 aromatic rings. The first-order valence-electron chi connectivity index (χ1n) is 6.01. The summed E-state index contributed by atoms with van der Waals surface area (Å²) >= 11 is 5.90. The van der Waals surface area contributed by atoms with Crippen LogP contribution in [0.3, 0.4) is 0 Å². The van der Waals surface area contributed by atoms with Crippen LogP contribution < -0.4 is 4.74 Å². The molecule has 8 heteroatoms. The molecule has 0 radical (unpaired) electrons. The predicted octanol–water partition coefficient (Wildman–Crippen LogP) is 1.78. The van der Waals surface area contributed by atoms with Crippen LogP contribution in [0.25, 0.3) is 11.2 Å². The van der Waals surface area contributed by atoms with E-state index in [1.807, 2.05) is 0 Å². The Balaban J connectivity index is 2.59. The predicted molar refractivity (Wildman–Crippen MR) is 78.1 cm³/mol. The number of sulfone groups is 1. The number of nitrogens with zero attached hydrogens (tertiary/aromatic N) is 3. The van der Waals surface area contributed by atoms with Gasteiger partial charge >= 0.3 is 0 Å². The van der Waals surface area contributed by atoms with Gasteiger partial charge in [0.1, 0.15) is 21.2 Å². The molecule has 20 heavy (non-hydrogen) atoms. The van der Waals surface area contributed by atoms with Crippen LogP contribution >= 0.6 is 11.6 Å². The van der Waals surface area contributed by atoms with Gasteiger partial charge in [0.25, 0.3) is 0 Å². The van der Waals surface area contributed by atoms with Crippen molar-refractivity contribution >= 4 is 32.6 Å². The summed E-state index contributed by atoms with van der Waals surface area (Å²) in [6.07, 6.45) is 1.21. The first-order chi connectivity index (χ1) is 9.35. The van der Waals surface area contributed by atoms with Gasteiger partial charge in [-0.1, -0.05) is 0 Å². The number of ether oxygens (including phenoxy) is 1. The van der Waals surface area contributed by atoms with E-state index in [9.17, 15) is 8.42 Å². The van der Waals surface area contributed by atoms with E-state index in [2.05, 4.69) is 9.97 Å². The lowest BCUT2D eigenvalue weighted by Crippen LogP contribution is -2.18. The zero-order chi connectivity index (χ0) is 14.9. The van der Waals surface area contributed by atoms with Crippen LogP contribution in [0.2, 0.25) is 0 Å². The van der Waals surface area contributed by atoms with Gasteiger partial charge in [-0.05, 0) is 13.0 Å². The number of pyridine rings is 1. The molecule has 0 spiro atoms. The first kappa shape index (κ1) is 15.1. The highest BCUT2D eigenvalue weighted by Gasteiger charge is 2.20. The number of halogens is 1. The Bertz CT molecular complexity index is 727. The van der Waals surface area contributed by atoms with Crippen LogP contribution in [0.1, 0.15) is 18.8 Å². The number of rotatable bonds is 5. The van der Waals surface area contributed by atoms with Crippen LogP contribution in [0.15, 0.2) is 12.1 Å². The number of hydrogen-bond donors (Lipinski definition) is 0. The molecule has 0 saturated heterocycles. The molecule has 6 nitrogen and oxygen atoms in total. The lowest BCUT2D eigenvalue weighted by atomic mass is 10.3. The topological polar surface area (TPSA) is 74.1 Å². The van der Waals surface area contributed by atoms with E-state index in [-0.39, 0.29) is 17.7 Å². The molecule has 0 fully saturated rings. The van der Waals surface area contributed by atoms with Crippen molar-refractivity contribution in [1.82, 2.24) is 14.5 Å². The van der Waals surface area contributed by atoms with Gasteiger partial charge in [-0.3, -0.25) is 0 Å². The van der Waals surface area contributed by atoms with Gasteiger partial charge in [-0.15, -0.1) is 11.6 Å². The fourth-order valence-electron chi connectivity index (χ4n) is 2.19. The Morgan fingerprint density at radius 3 is 2.65 bits per heavy atom. The number of aromatic nitrogens is 3. The van der Waals surface area contributed by atoms with Crippen molar-refractivity contribution in [3.05, 3.63) is 18.0 Å². The summed E-state index contributed by atoms with van der Waals surface area (Å²) in [5.41, 5.74) is 1.25. The molecule has 2 aromatic heterocycles.